The molecular formula is C19H20F3N3O2. The second kappa shape index (κ2) is 7.96. The first-order chi connectivity index (χ1) is 12.8. The first-order valence-electron chi connectivity index (χ1n) is 8.69. The zero-order valence-corrected chi connectivity index (χ0v) is 14.5. The van der Waals surface area contributed by atoms with Crippen LogP contribution in [0.3, 0.4) is 0 Å². The summed E-state index contributed by atoms with van der Waals surface area (Å²) in [6.45, 7) is 0. The summed E-state index contributed by atoms with van der Waals surface area (Å²) < 4.78 is 43.4. The summed E-state index contributed by atoms with van der Waals surface area (Å²) in [4.78, 5) is 15.6. The Bertz CT molecular complexity index is 794. The van der Waals surface area contributed by atoms with Gasteiger partial charge in [-0.3, -0.25) is 4.79 Å². The molecule has 1 heterocycles. The average molecular weight is 379 g/mol. The van der Waals surface area contributed by atoms with E-state index in [0.717, 1.165) is 25.3 Å². The van der Waals surface area contributed by atoms with Gasteiger partial charge in [-0.1, -0.05) is 12.5 Å². The number of rotatable bonds is 5. The van der Waals surface area contributed by atoms with Crippen molar-refractivity contribution in [2.45, 2.75) is 37.9 Å². The highest BCUT2D eigenvalue weighted by Gasteiger charge is 2.32. The SMILES string of the molecule is N[C@@H]1CCC[C@H]1CC(=O)Nc1ccc(Oc2cccc(C(F)(F)F)n2)cc1. The number of amides is 1. The minimum atomic E-state index is -4.53. The molecule has 1 aliphatic carbocycles. The van der Waals surface area contributed by atoms with Gasteiger partial charge < -0.3 is 15.8 Å². The third-order valence-electron chi connectivity index (χ3n) is 4.54. The van der Waals surface area contributed by atoms with Crippen LogP contribution in [0, 0.1) is 5.92 Å². The van der Waals surface area contributed by atoms with E-state index < -0.39 is 11.9 Å². The molecule has 1 aromatic heterocycles. The number of carbonyl (C=O) groups is 1. The molecule has 144 valence electrons. The average Bonchev–Trinajstić information content (AvgIpc) is 3.01. The van der Waals surface area contributed by atoms with Gasteiger partial charge in [-0.15, -0.1) is 0 Å². The predicted molar refractivity (Wildman–Crippen MR) is 94.3 cm³/mol. The Labute approximate surface area is 154 Å². The Kier molecular flexibility index (Phi) is 5.65. The van der Waals surface area contributed by atoms with Gasteiger partial charge in [0.15, 0.2) is 0 Å². The maximum absolute atomic E-state index is 12.7. The third kappa shape index (κ3) is 5.19. The van der Waals surface area contributed by atoms with Gasteiger partial charge in [0.2, 0.25) is 11.8 Å². The molecule has 1 aliphatic rings. The summed E-state index contributed by atoms with van der Waals surface area (Å²) in [7, 11) is 0. The Morgan fingerprint density at radius 3 is 2.56 bits per heavy atom. The Morgan fingerprint density at radius 1 is 1.19 bits per heavy atom. The van der Waals surface area contributed by atoms with Crippen LogP contribution in [0.15, 0.2) is 42.5 Å². The zero-order chi connectivity index (χ0) is 19.4. The molecule has 1 saturated carbocycles. The number of pyridine rings is 1. The molecule has 5 nitrogen and oxygen atoms in total. The highest BCUT2D eigenvalue weighted by Crippen LogP contribution is 2.30. The molecule has 0 spiro atoms. The van der Waals surface area contributed by atoms with Gasteiger partial charge in [-0.05, 0) is 49.1 Å². The van der Waals surface area contributed by atoms with Crippen LogP contribution in [-0.4, -0.2) is 16.9 Å². The number of benzene rings is 1. The molecule has 1 amide bonds. The van der Waals surface area contributed by atoms with Gasteiger partial charge in [-0.2, -0.15) is 13.2 Å². The van der Waals surface area contributed by atoms with Crippen molar-refractivity contribution in [3.05, 3.63) is 48.2 Å². The zero-order valence-electron chi connectivity index (χ0n) is 14.5. The van der Waals surface area contributed by atoms with E-state index in [-0.39, 0.29) is 23.7 Å². The topological polar surface area (TPSA) is 77.2 Å². The fourth-order valence-corrected chi connectivity index (χ4v) is 3.13. The van der Waals surface area contributed by atoms with Crippen LogP contribution in [0.4, 0.5) is 18.9 Å². The van der Waals surface area contributed by atoms with Crippen LogP contribution < -0.4 is 15.8 Å². The maximum atomic E-state index is 12.7. The fraction of sp³-hybridized carbons (Fsp3) is 0.368. The van der Waals surface area contributed by atoms with E-state index in [0.29, 0.717) is 17.9 Å². The lowest BCUT2D eigenvalue weighted by atomic mass is 10.00. The summed E-state index contributed by atoms with van der Waals surface area (Å²) in [5.74, 6) is 0.264. The third-order valence-corrected chi connectivity index (χ3v) is 4.54. The lowest BCUT2D eigenvalue weighted by molar-refractivity contribution is -0.141. The summed E-state index contributed by atoms with van der Waals surface area (Å²) in [5.41, 5.74) is 5.54. The van der Waals surface area contributed by atoms with Gasteiger partial charge in [0.05, 0.1) is 0 Å². The van der Waals surface area contributed by atoms with Gasteiger partial charge in [0.1, 0.15) is 11.4 Å². The number of aromatic nitrogens is 1. The molecule has 0 unspecified atom stereocenters. The lowest BCUT2D eigenvalue weighted by Gasteiger charge is -2.15. The van der Waals surface area contributed by atoms with E-state index in [9.17, 15) is 18.0 Å². The number of anilines is 1. The summed E-state index contributed by atoms with van der Waals surface area (Å²) in [5, 5.41) is 2.80. The quantitative estimate of drug-likeness (QED) is 0.810. The maximum Gasteiger partial charge on any atom is 0.433 e. The van der Waals surface area contributed by atoms with Crippen LogP contribution in [-0.2, 0) is 11.0 Å². The van der Waals surface area contributed by atoms with Crippen LogP contribution >= 0.6 is 0 Å². The van der Waals surface area contributed by atoms with Crippen LogP contribution in [0.5, 0.6) is 11.6 Å². The predicted octanol–water partition coefficient (Wildman–Crippen LogP) is 4.35. The minimum absolute atomic E-state index is 0.0755. The van der Waals surface area contributed by atoms with Crippen molar-refractivity contribution in [2.24, 2.45) is 11.7 Å². The molecule has 0 saturated heterocycles. The fourth-order valence-electron chi connectivity index (χ4n) is 3.13. The Hall–Kier alpha value is -2.61. The molecule has 0 bridgehead atoms. The molecule has 3 N–H and O–H groups in total. The molecule has 8 heteroatoms. The second-order valence-corrected chi connectivity index (χ2v) is 6.59. The van der Waals surface area contributed by atoms with E-state index in [1.54, 1.807) is 24.3 Å². The monoisotopic (exact) mass is 379 g/mol. The van der Waals surface area contributed by atoms with Gasteiger partial charge in [0, 0.05) is 24.2 Å². The van der Waals surface area contributed by atoms with E-state index in [1.807, 2.05) is 0 Å². The standard InChI is InChI=1S/C19H20F3N3O2/c20-19(21,22)16-5-2-6-18(25-16)27-14-9-7-13(8-10-14)24-17(26)11-12-3-1-4-15(12)23/h2,5-10,12,15H,1,3-4,11,23H2,(H,24,26)/t12-,15+/m0/s1. The van der Waals surface area contributed by atoms with Gasteiger partial charge >= 0.3 is 6.18 Å². The van der Waals surface area contributed by atoms with Crippen LogP contribution in [0.25, 0.3) is 0 Å². The number of carbonyl (C=O) groups excluding carboxylic acids is 1. The number of hydrogen-bond donors (Lipinski definition) is 2. The molecule has 0 radical (unpaired) electrons. The molecule has 1 fully saturated rings. The van der Waals surface area contributed by atoms with Crippen LogP contribution in [0.1, 0.15) is 31.4 Å². The molecule has 0 aliphatic heterocycles. The Balaban J connectivity index is 1.58. The Morgan fingerprint density at radius 2 is 1.93 bits per heavy atom. The number of halogens is 3. The number of ether oxygens (including phenoxy) is 1. The number of hydrogen-bond acceptors (Lipinski definition) is 4. The molecule has 2 aromatic rings. The van der Waals surface area contributed by atoms with Gasteiger partial charge in [-0.25, -0.2) is 4.98 Å². The number of nitrogens with two attached hydrogens (primary N) is 1. The number of alkyl halides is 3. The second-order valence-electron chi connectivity index (χ2n) is 6.59. The van der Waals surface area contributed by atoms with Crippen molar-refractivity contribution in [1.29, 1.82) is 0 Å². The summed E-state index contributed by atoms with van der Waals surface area (Å²) in [6.07, 6.45) is -1.18. The van der Waals surface area contributed by atoms with E-state index in [2.05, 4.69) is 10.3 Å². The van der Waals surface area contributed by atoms with Crippen molar-refractivity contribution in [2.75, 3.05) is 5.32 Å². The first-order valence-corrected chi connectivity index (χ1v) is 8.69. The number of nitrogens with zero attached hydrogens (tertiary/aromatic N) is 1. The van der Waals surface area contributed by atoms with E-state index >= 15 is 0 Å². The van der Waals surface area contributed by atoms with E-state index in [1.165, 1.54) is 12.1 Å². The largest absolute Gasteiger partial charge is 0.439 e. The van der Waals surface area contributed by atoms with Crippen LogP contribution in [0.2, 0.25) is 0 Å². The molecule has 27 heavy (non-hydrogen) atoms. The minimum Gasteiger partial charge on any atom is -0.439 e. The molecular weight excluding hydrogens is 359 g/mol. The molecule has 1 aromatic carbocycles. The smallest absolute Gasteiger partial charge is 0.433 e. The summed E-state index contributed by atoms with van der Waals surface area (Å²) in [6, 6.07) is 9.87. The first kappa shape index (κ1) is 19.2. The lowest BCUT2D eigenvalue weighted by Crippen LogP contribution is -2.28. The molecule has 3 rings (SSSR count). The highest BCUT2D eigenvalue weighted by molar-refractivity contribution is 5.90. The van der Waals surface area contributed by atoms with Crippen molar-refractivity contribution >= 4 is 11.6 Å². The number of nitrogens with one attached hydrogen (secondary N) is 1. The van der Waals surface area contributed by atoms with E-state index in [4.69, 9.17) is 10.5 Å². The van der Waals surface area contributed by atoms with Crippen molar-refractivity contribution in [3.63, 3.8) is 0 Å². The van der Waals surface area contributed by atoms with Crippen molar-refractivity contribution in [1.82, 2.24) is 4.98 Å². The normalized spacial score (nSPS) is 19.7. The van der Waals surface area contributed by atoms with Gasteiger partial charge in [0.25, 0.3) is 0 Å². The highest BCUT2D eigenvalue weighted by atomic mass is 19.4. The molecule has 2 atom stereocenters. The van der Waals surface area contributed by atoms with Crippen molar-refractivity contribution in [3.8, 4) is 11.6 Å². The van der Waals surface area contributed by atoms with Crippen molar-refractivity contribution < 1.29 is 22.7 Å². The summed E-state index contributed by atoms with van der Waals surface area (Å²) >= 11 is 0.